The van der Waals surface area contributed by atoms with Gasteiger partial charge in [-0.1, -0.05) is 36.7 Å². The number of halogens is 1. The molecule has 0 bridgehead atoms. The molecule has 4 heteroatoms. The van der Waals surface area contributed by atoms with Crippen molar-refractivity contribution in [3.8, 4) is 0 Å². The molecule has 1 unspecified atom stereocenters. The van der Waals surface area contributed by atoms with Gasteiger partial charge in [-0.2, -0.15) is 0 Å². The van der Waals surface area contributed by atoms with E-state index in [-0.39, 0.29) is 17.7 Å². The average Bonchev–Trinajstić information content (AvgIpc) is 2.31. The van der Waals surface area contributed by atoms with Gasteiger partial charge in [0.2, 0.25) is 5.91 Å². The molecule has 18 heavy (non-hydrogen) atoms. The summed E-state index contributed by atoms with van der Waals surface area (Å²) in [7, 11) is 0. The van der Waals surface area contributed by atoms with Crippen LogP contribution in [0.5, 0.6) is 0 Å². The molecule has 1 amide bonds. The molecule has 1 aromatic rings. The van der Waals surface area contributed by atoms with Crippen molar-refractivity contribution < 1.29 is 4.79 Å². The van der Waals surface area contributed by atoms with E-state index in [4.69, 9.17) is 5.73 Å². The van der Waals surface area contributed by atoms with Crippen LogP contribution in [0.3, 0.4) is 0 Å². The minimum Gasteiger partial charge on any atom is -0.330 e. The minimum absolute atomic E-state index is 0.00419. The van der Waals surface area contributed by atoms with Gasteiger partial charge < -0.3 is 11.1 Å². The first-order valence-electron chi connectivity index (χ1n) is 6.29. The van der Waals surface area contributed by atoms with E-state index in [1.165, 1.54) is 0 Å². The Balaban J connectivity index is 2.87. The van der Waals surface area contributed by atoms with Crippen LogP contribution in [0, 0.1) is 11.8 Å². The molecule has 1 aromatic carbocycles. The first-order valence-corrected chi connectivity index (χ1v) is 7.08. The molecule has 0 fully saturated rings. The minimum atomic E-state index is -0.140. The van der Waals surface area contributed by atoms with E-state index in [1.54, 1.807) is 0 Å². The second-order valence-corrected chi connectivity index (χ2v) is 5.65. The molecule has 0 radical (unpaired) electrons. The number of carbonyl (C=O) groups is 1. The molecule has 1 rings (SSSR count). The number of aryl methyl sites for hydroxylation is 1. The van der Waals surface area contributed by atoms with Crippen molar-refractivity contribution in [2.45, 2.75) is 27.2 Å². The lowest BCUT2D eigenvalue weighted by molar-refractivity contribution is -0.120. The number of carbonyl (C=O) groups excluding carboxylic acids is 1. The Hall–Kier alpha value is -0.870. The van der Waals surface area contributed by atoms with Crippen LogP contribution in [0.2, 0.25) is 0 Å². The molecule has 3 N–H and O–H groups in total. The molecule has 100 valence electrons. The highest BCUT2D eigenvalue weighted by molar-refractivity contribution is 9.10. The van der Waals surface area contributed by atoms with Crippen molar-refractivity contribution in [2.75, 3.05) is 11.9 Å². The lowest BCUT2D eigenvalue weighted by Crippen LogP contribution is -2.33. The van der Waals surface area contributed by atoms with Crippen molar-refractivity contribution >= 4 is 27.5 Å². The van der Waals surface area contributed by atoms with Crippen LogP contribution < -0.4 is 11.1 Å². The largest absolute Gasteiger partial charge is 0.330 e. The van der Waals surface area contributed by atoms with Crippen LogP contribution in [0.1, 0.15) is 26.3 Å². The smallest absolute Gasteiger partial charge is 0.229 e. The first kappa shape index (κ1) is 15.2. The van der Waals surface area contributed by atoms with Crippen LogP contribution >= 0.6 is 15.9 Å². The number of rotatable bonds is 5. The van der Waals surface area contributed by atoms with E-state index in [0.717, 1.165) is 22.1 Å². The maximum absolute atomic E-state index is 12.1. The predicted molar refractivity (Wildman–Crippen MR) is 79.5 cm³/mol. The van der Waals surface area contributed by atoms with Crippen molar-refractivity contribution in [3.05, 3.63) is 28.2 Å². The summed E-state index contributed by atoms with van der Waals surface area (Å²) in [6.45, 7) is 6.47. The Kier molecular flexibility index (Phi) is 5.82. The third-order valence-electron chi connectivity index (χ3n) is 3.10. The molecule has 0 aromatic heterocycles. The Morgan fingerprint density at radius 3 is 2.61 bits per heavy atom. The lowest BCUT2D eigenvalue weighted by atomic mass is 9.95. The number of anilines is 1. The highest BCUT2D eigenvalue weighted by atomic mass is 79.9. The molecule has 0 aliphatic carbocycles. The van der Waals surface area contributed by atoms with Gasteiger partial charge in [0, 0.05) is 16.7 Å². The molecule has 3 nitrogen and oxygen atoms in total. The number of amides is 1. The topological polar surface area (TPSA) is 55.1 Å². The second-order valence-electron chi connectivity index (χ2n) is 4.73. The molecular weight excluding hydrogens is 292 g/mol. The van der Waals surface area contributed by atoms with E-state index in [9.17, 15) is 4.79 Å². The maximum Gasteiger partial charge on any atom is 0.229 e. The number of hydrogen-bond acceptors (Lipinski definition) is 2. The van der Waals surface area contributed by atoms with Crippen molar-refractivity contribution in [1.29, 1.82) is 0 Å². The van der Waals surface area contributed by atoms with E-state index in [0.29, 0.717) is 6.54 Å². The van der Waals surface area contributed by atoms with Crippen LogP contribution in [-0.4, -0.2) is 12.5 Å². The molecule has 0 spiro atoms. The van der Waals surface area contributed by atoms with Gasteiger partial charge in [-0.15, -0.1) is 0 Å². The maximum atomic E-state index is 12.1. The number of benzene rings is 1. The van der Waals surface area contributed by atoms with Gasteiger partial charge >= 0.3 is 0 Å². The van der Waals surface area contributed by atoms with E-state index >= 15 is 0 Å². The Morgan fingerprint density at radius 2 is 2.11 bits per heavy atom. The molecule has 0 aliphatic rings. The van der Waals surface area contributed by atoms with Gasteiger partial charge in [0.05, 0.1) is 5.92 Å². The monoisotopic (exact) mass is 312 g/mol. The zero-order chi connectivity index (χ0) is 13.7. The van der Waals surface area contributed by atoms with Gasteiger partial charge in [0.25, 0.3) is 0 Å². The molecule has 0 heterocycles. The summed E-state index contributed by atoms with van der Waals surface area (Å²) in [6, 6.07) is 5.89. The SMILES string of the molecule is CCc1cc(Br)ccc1NC(=O)C(CN)C(C)C. The number of nitrogens with one attached hydrogen (secondary N) is 1. The van der Waals surface area contributed by atoms with Crippen molar-refractivity contribution in [1.82, 2.24) is 0 Å². The molecule has 0 saturated carbocycles. The van der Waals surface area contributed by atoms with Gasteiger partial charge in [0.15, 0.2) is 0 Å². The Morgan fingerprint density at radius 1 is 1.44 bits per heavy atom. The lowest BCUT2D eigenvalue weighted by Gasteiger charge is -2.19. The quantitative estimate of drug-likeness (QED) is 0.877. The van der Waals surface area contributed by atoms with Crippen LogP contribution in [0.25, 0.3) is 0 Å². The third-order valence-corrected chi connectivity index (χ3v) is 3.59. The number of hydrogen-bond donors (Lipinski definition) is 2. The normalized spacial score (nSPS) is 12.6. The zero-order valence-electron chi connectivity index (χ0n) is 11.2. The molecule has 0 saturated heterocycles. The molecule has 1 atom stereocenters. The van der Waals surface area contributed by atoms with Crippen LogP contribution in [0.4, 0.5) is 5.69 Å². The first-order chi connectivity index (χ1) is 8.49. The average molecular weight is 313 g/mol. The highest BCUT2D eigenvalue weighted by Gasteiger charge is 2.21. The van der Waals surface area contributed by atoms with E-state index < -0.39 is 0 Å². The van der Waals surface area contributed by atoms with Gasteiger partial charge in [-0.05, 0) is 36.1 Å². The fourth-order valence-corrected chi connectivity index (χ4v) is 2.29. The summed E-state index contributed by atoms with van der Waals surface area (Å²) in [5.74, 6) is 0.110. The summed E-state index contributed by atoms with van der Waals surface area (Å²) in [5, 5.41) is 2.98. The van der Waals surface area contributed by atoms with Crippen LogP contribution in [-0.2, 0) is 11.2 Å². The highest BCUT2D eigenvalue weighted by Crippen LogP contribution is 2.23. The summed E-state index contributed by atoms with van der Waals surface area (Å²) in [4.78, 5) is 12.1. The zero-order valence-corrected chi connectivity index (χ0v) is 12.8. The predicted octanol–water partition coefficient (Wildman–Crippen LogP) is 3.18. The molecular formula is C14H21BrN2O. The third kappa shape index (κ3) is 3.82. The summed E-state index contributed by atoms with van der Waals surface area (Å²) in [6.07, 6.45) is 0.879. The standard InChI is InChI=1S/C14H21BrN2O/c1-4-10-7-11(15)5-6-13(10)17-14(18)12(8-16)9(2)3/h5-7,9,12H,4,8,16H2,1-3H3,(H,17,18). The van der Waals surface area contributed by atoms with Crippen LogP contribution in [0.15, 0.2) is 22.7 Å². The molecule has 0 aliphatic heterocycles. The van der Waals surface area contributed by atoms with Gasteiger partial charge in [-0.3, -0.25) is 4.79 Å². The summed E-state index contributed by atoms with van der Waals surface area (Å²) >= 11 is 3.44. The summed E-state index contributed by atoms with van der Waals surface area (Å²) in [5.41, 5.74) is 7.66. The fourth-order valence-electron chi connectivity index (χ4n) is 1.88. The van der Waals surface area contributed by atoms with E-state index in [2.05, 4.69) is 28.2 Å². The summed E-state index contributed by atoms with van der Waals surface area (Å²) < 4.78 is 1.02. The van der Waals surface area contributed by atoms with Crippen molar-refractivity contribution in [3.63, 3.8) is 0 Å². The number of nitrogens with two attached hydrogens (primary N) is 1. The Bertz CT molecular complexity index is 418. The van der Waals surface area contributed by atoms with E-state index in [1.807, 2.05) is 32.0 Å². The van der Waals surface area contributed by atoms with Gasteiger partial charge in [0.1, 0.15) is 0 Å². The fraction of sp³-hybridized carbons (Fsp3) is 0.500. The van der Waals surface area contributed by atoms with Crippen molar-refractivity contribution in [2.24, 2.45) is 17.6 Å². The Labute approximate surface area is 117 Å². The van der Waals surface area contributed by atoms with Gasteiger partial charge in [-0.25, -0.2) is 0 Å². The second kappa shape index (κ2) is 6.90.